The predicted molar refractivity (Wildman–Crippen MR) is 61.0 cm³/mol. The number of nitrogens with zero attached hydrogens (tertiary/aromatic N) is 1. The van der Waals surface area contributed by atoms with Crippen LogP contribution in [0.1, 0.15) is 27.7 Å². The molecule has 0 aromatic heterocycles. The second-order valence-electron chi connectivity index (χ2n) is 4.73. The van der Waals surface area contributed by atoms with E-state index in [9.17, 15) is 9.59 Å². The van der Waals surface area contributed by atoms with Crippen LogP contribution in [-0.2, 0) is 14.3 Å². The summed E-state index contributed by atoms with van der Waals surface area (Å²) in [6, 6.07) is -1.14. The number of ketones is 2. The first-order valence-corrected chi connectivity index (χ1v) is 5.61. The number of carbonyl (C=O) groups is 2. The van der Waals surface area contributed by atoms with E-state index in [0.717, 1.165) is 0 Å². The Bertz CT molecular complexity index is 317. The summed E-state index contributed by atoms with van der Waals surface area (Å²) in [5.41, 5.74) is 2.19. The number of ether oxygens (including phenoxy) is 1. The summed E-state index contributed by atoms with van der Waals surface area (Å²) >= 11 is 0. The number of Topliss-reactive ketones (excluding diaryl/α,β-unsaturated/α-hetero) is 2. The monoisotopic (exact) mass is 244 g/mol. The van der Waals surface area contributed by atoms with Gasteiger partial charge in [-0.25, -0.2) is 10.4 Å². The van der Waals surface area contributed by atoms with Gasteiger partial charge in [-0.1, -0.05) is 0 Å². The number of aliphatic hydroxyl groups is 1. The molecular formula is C11H20N2O4. The van der Waals surface area contributed by atoms with Crippen LogP contribution in [0.25, 0.3) is 0 Å². The van der Waals surface area contributed by atoms with Crippen molar-refractivity contribution in [3.8, 4) is 0 Å². The number of nitrogens with one attached hydrogen (secondary N) is 1. The fourth-order valence-corrected chi connectivity index (χ4v) is 1.77. The maximum atomic E-state index is 11.5. The largest absolute Gasteiger partial charge is 0.394 e. The highest BCUT2D eigenvalue weighted by Gasteiger charge is 2.44. The van der Waals surface area contributed by atoms with Crippen molar-refractivity contribution in [3.63, 3.8) is 0 Å². The molecule has 98 valence electrons. The molecule has 6 heteroatoms. The number of aliphatic hydroxyl groups excluding tert-OH is 1. The lowest BCUT2D eigenvalue weighted by atomic mass is 10.2. The molecule has 0 amide bonds. The van der Waals surface area contributed by atoms with Gasteiger partial charge in [-0.05, 0) is 27.7 Å². The summed E-state index contributed by atoms with van der Waals surface area (Å²) in [6.45, 7) is 6.44. The van der Waals surface area contributed by atoms with Gasteiger partial charge in [0.2, 0.25) is 0 Å². The Morgan fingerprint density at radius 2 is 2.12 bits per heavy atom. The molecule has 0 bridgehead atoms. The Balaban J connectivity index is 2.83. The SMILES string of the molecule is CC(=O)C1COC(C)(C)N1N[C@@H](CO)C(C)=O. The van der Waals surface area contributed by atoms with Crippen molar-refractivity contribution < 1.29 is 19.4 Å². The summed E-state index contributed by atoms with van der Waals surface area (Å²) in [4.78, 5) is 22.8. The van der Waals surface area contributed by atoms with Crippen LogP contribution < -0.4 is 5.43 Å². The standard InChI is InChI=1S/C11H20N2O4/c1-7(15)9(5-14)12-13-10(8(2)16)6-17-11(13,3)4/h9-10,12,14H,5-6H2,1-4H3/t9-,10?/m0/s1. The molecule has 17 heavy (non-hydrogen) atoms. The summed E-state index contributed by atoms with van der Waals surface area (Å²) in [5.74, 6) is -0.221. The molecule has 6 nitrogen and oxygen atoms in total. The van der Waals surface area contributed by atoms with E-state index < -0.39 is 17.8 Å². The van der Waals surface area contributed by atoms with Gasteiger partial charge in [-0.15, -0.1) is 0 Å². The summed E-state index contributed by atoms with van der Waals surface area (Å²) in [5, 5.41) is 10.7. The first-order valence-electron chi connectivity index (χ1n) is 5.61. The van der Waals surface area contributed by atoms with Crippen molar-refractivity contribution in [2.24, 2.45) is 0 Å². The molecule has 0 aliphatic carbocycles. The average molecular weight is 244 g/mol. The molecule has 1 saturated heterocycles. The van der Waals surface area contributed by atoms with Gasteiger partial charge in [0.15, 0.2) is 5.78 Å². The number of carbonyl (C=O) groups excluding carboxylic acids is 2. The van der Waals surface area contributed by atoms with E-state index in [0.29, 0.717) is 0 Å². The van der Waals surface area contributed by atoms with Crippen LogP contribution in [0.2, 0.25) is 0 Å². The van der Waals surface area contributed by atoms with Crippen LogP contribution in [0.4, 0.5) is 0 Å². The van der Waals surface area contributed by atoms with E-state index in [1.807, 2.05) is 0 Å². The van der Waals surface area contributed by atoms with Gasteiger partial charge in [0.1, 0.15) is 23.6 Å². The van der Waals surface area contributed by atoms with Crippen LogP contribution in [0, 0.1) is 0 Å². The molecule has 1 fully saturated rings. The molecule has 2 atom stereocenters. The Morgan fingerprint density at radius 1 is 1.53 bits per heavy atom. The molecule has 2 N–H and O–H groups in total. The van der Waals surface area contributed by atoms with E-state index in [2.05, 4.69) is 5.43 Å². The van der Waals surface area contributed by atoms with E-state index in [4.69, 9.17) is 9.84 Å². The highest BCUT2D eigenvalue weighted by molar-refractivity contribution is 5.83. The third kappa shape index (κ3) is 3.10. The Labute approximate surface area is 101 Å². The normalized spacial score (nSPS) is 25.8. The molecule has 0 radical (unpaired) electrons. The van der Waals surface area contributed by atoms with Crippen LogP contribution in [0.3, 0.4) is 0 Å². The fourth-order valence-electron chi connectivity index (χ4n) is 1.77. The van der Waals surface area contributed by atoms with E-state index >= 15 is 0 Å². The lowest BCUT2D eigenvalue weighted by Crippen LogP contribution is -2.59. The van der Waals surface area contributed by atoms with Crippen LogP contribution >= 0.6 is 0 Å². The molecule has 1 unspecified atom stereocenters. The molecule has 0 aromatic carbocycles. The van der Waals surface area contributed by atoms with Gasteiger partial charge in [-0.2, -0.15) is 0 Å². The lowest BCUT2D eigenvalue weighted by Gasteiger charge is -2.35. The summed E-state index contributed by atoms with van der Waals surface area (Å²) < 4.78 is 5.50. The van der Waals surface area contributed by atoms with E-state index in [-0.39, 0.29) is 24.8 Å². The predicted octanol–water partition coefficient (Wildman–Crippen LogP) is -0.533. The maximum absolute atomic E-state index is 11.5. The Kier molecular flexibility index (Phi) is 4.37. The number of hydrogen-bond donors (Lipinski definition) is 2. The molecule has 1 rings (SSSR count). The van der Waals surface area contributed by atoms with Crippen LogP contribution in [0.5, 0.6) is 0 Å². The minimum Gasteiger partial charge on any atom is -0.394 e. The molecule has 0 spiro atoms. The second kappa shape index (κ2) is 5.22. The molecular weight excluding hydrogens is 224 g/mol. The smallest absolute Gasteiger partial charge is 0.150 e. The van der Waals surface area contributed by atoms with Crippen LogP contribution in [-0.4, -0.2) is 52.7 Å². The van der Waals surface area contributed by atoms with Crippen molar-refractivity contribution in [3.05, 3.63) is 0 Å². The van der Waals surface area contributed by atoms with Gasteiger partial charge in [0.25, 0.3) is 0 Å². The number of rotatable bonds is 5. The van der Waals surface area contributed by atoms with Gasteiger partial charge in [0.05, 0.1) is 13.2 Å². The zero-order chi connectivity index (χ0) is 13.2. The fraction of sp³-hybridized carbons (Fsp3) is 0.818. The first-order chi connectivity index (χ1) is 7.79. The van der Waals surface area contributed by atoms with Gasteiger partial charge >= 0.3 is 0 Å². The summed E-state index contributed by atoms with van der Waals surface area (Å²) in [7, 11) is 0. The van der Waals surface area contributed by atoms with Gasteiger partial charge < -0.3 is 9.84 Å². The first kappa shape index (κ1) is 14.2. The third-order valence-corrected chi connectivity index (χ3v) is 2.92. The van der Waals surface area contributed by atoms with E-state index in [1.54, 1.807) is 18.9 Å². The van der Waals surface area contributed by atoms with Crippen LogP contribution in [0.15, 0.2) is 0 Å². The summed E-state index contributed by atoms with van der Waals surface area (Å²) in [6.07, 6.45) is 0. The zero-order valence-electron chi connectivity index (χ0n) is 10.7. The molecule has 1 heterocycles. The van der Waals surface area contributed by atoms with Gasteiger partial charge in [0, 0.05) is 0 Å². The minimum atomic E-state index is -0.710. The highest BCUT2D eigenvalue weighted by atomic mass is 16.5. The molecule has 1 aliphatic heterocycles. The Hall–Kier alpha value is -0.820. The number of hydrazine groups is 1. The average Bonchev–Trinajstić information content (AvgIpc) is 2.50. The van der Waals surface area contributed by atoms with E-state index in [1.165, 1.54) is 13.8 Å². The second-order valence-corrected chi connectivity index (χ2v) is 4.73. The van der Waals surface area contributed by atoms with Gasteiger partial charge in [-0.3, -0.25) is 9.59 Å². The van der Waals surface area contributed by atoms with Crippen molar-refractivity contribution in [2.45, 2.75) is 45.5 Å². The Morgan fingerprint density at radius 3 is 2.53 bits per heavy atom. The topological polar surface area (TPSA) is 78.9 Å². The minimum absolute atomic E-state index is 0.0386. The molecule has 0 saturated carbocycles. The molecule has 1 aliphatic rings. The lowest BCUT2D eigenvalue weighted by molar-refractivity contribution is -0.133. The third-order valence-electron chi connectivity index (χ3n) is 2.92. The van der Waals surface area contributed by atoms with Crippen molar-refractivity contribution in [1.29, 1.82) is 0 Å². The quantitative estimate of drug-likeness (QED) is 0.676. The zero-order valence-corrected chi connectivity index (χ0v) is 10.7. The highest BCUT2D eigenvalue weighted by Crippen LogP contribution is 2.25. The van der Waals surface area contributed by atoms with Crippen molar-refractivity contribution in [2.75, 3.05) is 13.2 Å². The maximum Gasteiger partial charge on any atom is 0.150 e. The van der Waals surface area contributed by atoms with Crippen molar-refractivity contribution in [1.82, 2.24) is 10.4 Å². The molecule has 0 aromatic rings. The number of hydrogen-bond acceptors (Lipinski definition) is 6. The van der Waals surface area contributed by atoms with Crippen molar-refractivity contribution >= 4 is 11.6 Å².